The maximum Gasteiger partial charge on any atom is 0.218 e. The van der Waals surface area contributed by atoms with Crippen LogP contribution in [0.4, 0.5) is 0 Å². The molecule has 6 heteroatoms. The van der Waals surface area contributed by atoms with Crippen molar-refractivity contribution in [3.8, 4) is 0 Å². The van der Waals surface area contributed by atoms with Gasteiger partial charge in [-0.3, -0.25) is 0 Å². The highest BCUT2D eigenvalue weighted by Gasteiger charge is 2.30. The number of hydrogen-bond donors (Lipinski definition) is 1. The average molecular weight is 274 g/mol. The molecule has 1 saturated heterocycles. The van der Waals surface area contributed by atoms with Crippen LogP contribution in [0.1, 0.15) is 18.4 Å². The third-order valence-corrected chi connectivity index (χ3v) is 6.07. The molecule has 1 aliphatic rings. The molecule has 0 bridgehead atoms. The second-order valence-corrected chi connectivity index (χ2v) is 7.50. The number of nitrogens with one attached hydrogen (secondary N) is 1. The zero-order chi connectivity index (χ0) is 12.3. The molecule has 1 N–H and O–H groups in total. The zero-order valence-electron chi connectivity index (χ0n) is 9.93. The van der Waals surface area contributed by atoms with E-state index in [1.807, 2.05) is 16.8 Å². The lowest BCUT2D eigenvalue weighted by Crippen LogP contribution is -2.44. The van der Waals surface area contributed by atoms with E-state index in [1.54, 1.807) is 18.4 Å². The molecule has 2 heterocycles. The molecular formula is C11H18N2O2S2. The fraction of sp³-hybridized carbons (Fsp3) is 0.636. The Morgan fingerprint density at radius 1 is 1.59 bits per heavy atom. The lowest BCUT2D eigenvalue weighted by molar-refractivity contribution is 0.429. The molecule has 0 amide bonds. The largest absolute Gasteiger partial charge is 0.315 e. The SMILES string of the molecule is CN(Cc1ccsc1)S(=O)(=O)C1CCCNC1. The zero-order valence-corrected chi connectivity index (χ0v) is 11.6. The van der Waals surface area contributed by atoms with Gasteiger partial charge in [-0.25, -0.2) is 12.7 Å². The van der Waals surface area contributed by atoms with Crippen LogP contribution >= 0.6 is 11.3 Å². The molecule has 1 fully saturated rings. The molecule has 1 unspecified atom stereocenters. The van der Waals surface area contributed by atoms with Gasteiger partial charge in [0.1, 0.15) is 0 Å². The van der Waals surface area contributed by atoms with E-state index in [4.69, 9.17) is 0 Å². The minimum atomic E-state index is -3.16. The Kier molecular flexibility index (Phi) is 4.19. The van der Waals surface area contributed by atoms with Crippen molar-refractivity contribution >= 4 is 21.4 Å². The molecule has 0 saturated carbocycles. The smallest absolute Gasteiger partial charge is 0.218 e. The summed E-state index contributed by atoms with van der Waals surface area (Å²) < 4.78 is 26.1. The van der Waals surface area contributed by atoms with Crippen molar-refractivity contribution in [3.63, 3.8) is 0 Å². The van der Waals surface area contributed by atoms with Gasteiger partial charge in [0, 0.05) is 20.1 Å². The third kappa shape index (κ3) is 3.07. The van der Waals surface area contributed by atoms with Crippen molar-refractivity contribution in [2.45, 2.75) is 24.6 Å². The van der Waals surface area contributed by atoms with E-state index in [-0.39, 0.29) is 5.25 Å². The molecule has 1 aromatic heterocycles. The number of piperidine rings is 1. The summed E-state index contributed by atoms with van der Waals surface area (Å²) in [5.74, 6) is 0. The molecule has 17 heavy (non-hydrogen) atoms. The van der Waals surface area contributed by atoms with Gasteiger partial charge in [-0.15, -0.1) is 0 Å². The van der Waals surface area contributed by atoms with Gasteiger partial charge in [0.05, 0.1) is 5.25 Å². The number of sulfonamides is 1. The van der Waals surface area contributed by atoms with Crippen LogP contribution in [-0.4, -0.2) is 38.1 Å². The van der Waals surface area contributed by atoms with Crippen LogP contribution < -0.4 is 5.32 Å². The van der Waals surface area contributed by atoms with Crippen LogP contribution in [0.2, 0.25) is 0 Å². The summed E-state index contributed by atoms with van der Waals surface area (Å²) in [7, 11) is -1.49. The van der Waals surface area contributed by atoms with Crippen LogP contribution in [0, 0.1) is 0 Å². The average Bonchev–Trinajstić information content (AvgIpc) is 2.83. The monoisotopic (exact) mass is 274 g/mol. The number of rotatable bonds is 4. The summed E-state index contributed by atoms with van der Waals surface area (Å²) in [5.41, 5.74) is 1.06. The highest BCUT2D eigenvalue weighted by molar-refractivity contribution is 7.89. The first kappa shape index (κ1) is 13.0. The van der Waals surface area contributed by atoms with E-state index in [0.29, 0.717) is 13.1 Å². The number of thiophene rings is 1. The summed E-state index contributed by atoms with van der Waals surface area (Å²) in [6.07, 6.45) is 1.71. The molecule has 1 atom stereocenters. The first-order valence-corrected chi connectivity index (χ1v) is 8.22. The Bertz CT molecular complexity index is 436. The molecule has 96 valence electrons. The van der Waals surface area contributed by atoms with Crippen LogP contribution in [0.25, 0.3) is 0 Å². The fourth-order valence-electron chi connectivity index (χ4n) is 2.06. The van der Waals surface area contributed by atoms with Gasteiger partial charge >= 0.3 is 0 Å². The summed E-state index contributed by atoms with van der Waals surface area (Å²) >= 11 is 1.59. The van der Waals surface area contributed by atoms with E-state index in [1.165, 1.54) is 4.31 Å². The molecule has 0 aliphatic carbocycles. The van der Waals surface area contributed by atoms with Crippen LogP contribution in [0.5, 0.6) is 0 Å². The molecule has 2 rings (SSSR count). The van der Waals surface area contributed by atoms with E-state index < -0.39 is 10.0 Å². The van der Waals surface area contributed by atoms with Crippen molar-refractivity contribution in [2.24, 2.45) is 0 Å². The molecule has 0 spiro atoms. The van der Waals surface area contributed by atoms with Gasteiger partial charge in [-0.2, -0.15) is 11.3 Å². The van der Waals surface area contributed by atoms with Crippen molar-refractivity contribution in [3.05, 3.63) is 22.4 Å². The van der Waals surface area contributed by atoms with Gasteiger partial charge in [0.2, 0.25) is 10.0 Å². The first-order valence-electron chi connectivity index (χ1n) is 5.77. The van der Waals surface area contributed by atoms with E-state index in [0.717, 1.165) is 24.9 Å². The maximum absolute atomic E-state index is 12.3. The van der Waals surface area contributed by atoms with Crippen molar-refractivity contribution in [2.75, 3.05) is 20.1 Å². The highest BCUT2D eigenvalue weighted by Crippen LogP contribution is 2.18. The number of nitrogens with zero attached hydrogens (tertiary/aromatic N) is 1. The molecular weight excluding hydrogens is 256 g/mol. The second kappa shape index (κ2) is 5.48. The predicted octanol–water partition coefficient (Wildman–Crippen LogP) is 1.26. The Morgan fingerprint density at radius 3 is 3.00 bits per heavy atom. The van der Waals surface area contributed by atoms with Crippen molar-refractivity contribution in [1.29, 1.82) is 0 Å². The number of hydrogen-bond acceptors (Lipinski definition) is 4. The van der Waals surface area contributed by atoms with Crippen molar-refractivity contribution in [1.82, 2.24) is 9.62 Å². The lowest BCUT2D eigenvalue weighted by Gasteiger charge is -2.27. The van der Waals surface area contributed by atoms with E-state index >= 15 is 0 Å². The highest BCUT2D eigenvalue weighted by atomic mass is 32.2. The van der Waals surface area contributed by atoms with E-state index in [9.17, 15) is 8.42 Å². The minimum Gasteiger partial charge on any atom is -0.315 e. The van der Waals surface area contributed by atoms with Gasteiger partial charge in [0.15, 0.2) is 0 Å². The first-order chi connectivity index (χ1) is 8.10. The third-order valence-electron chi connectivity index (χ3n) is 3.09. The van der Waals surface area contributed by atoms with Crippen LogP contribution in [-0.2, 0) is 16.6 Å². The van der Waals surface area contributed by atoms with Gasteiger partial charge in [0.25, 0.3) is 0 Å². The normalized spacial score (nSPS) is 21.9. The van der Waals surface area contributed by atoms with E-state index in [2.05, 4.69) is 5.32 Å². The maximum atomic E-state index is 12.3. The molecule has 0 aromatic carbocycles. The summed E-state index contributed by atoms with van der Waals surface area (Å²) in [4.78, 5) is 0. The topological polar surface area (TPSA) is 49.4 Å². The molecule has 1 aliphatic heterocycles. The van der Waals surface area contributed by atoms with Crippen LogP contribution in [0.3, 0.4) is 0 Å². The lowest BCUT2D eigenvalue weighted by atomic mass is 10.2. The summed E-state index contributed by atoms with van der Waals surface area (Å²) in [5, 5.41) is 6.85. The fourth-order valence-corrected chi connectivity index (χ4v) is 4.35. The standard InChI is InChI=1S/C11H18N2O2S2/c1-13(8-10-4-6-16-9-10)17(14,15)11-3-2-5-12-7-11/h4,6,9,11-12H,2-3,5,7-8H2,1H3. The quantitative estimate of drug-likeness (QED) is 0.899. The Hall–Kier alpha value is -0.430. The molecule has 0 radical (unpaired) electrons. The Morgan fingerprint density at radius 2 is 2.41 bits per heavy atom. The summed E-state index contributed by atoms with van der Waals surface area (Å²) in [6.45, 7) is 1.99. The Balaban J connectivity index is 2.03. The van der Waals surface area contributed by atoms with Crippen LogP contribution in [0.15, 0.2) is 16.8 Å². The molecule has 4 nitrogen and oxygen atoms in total. The van der Waals surface area contributed by atoms with Gasteiger partial charge < -0.3 is 5.32 Å². The van der Waals surface area contributed by atoms with Gasteiger partial charge in [-0.05, 0) is 41.8 Å². The van der Waals surface area contributed by atoms with Crippen molar-refractivity contribution < 1.29 is 8.42 Å². The Labute approximate surface area is 107 Å². The van der Waals surface area contributed by atoms with Gasteiger partial charge in [-0.1, -0.05) is 0 Å². The second-order valence-electron chi connectivity index (χ2n) is 4.40. The minimum absolute atomic E-state index is 0.264. The summed E-state index contributed by atoms with van der Waals surface area (Å²) in [6, 6.07) is 1.97. The molecule has 1 aromatic rings. The predicted molar refractivity (Wildman–Crippen MR) is 70.6 cm³/mol.